The minimum Gasteiger partial charge on any atom is -0.508 e. The number of hydrogen-bond donors (Lipinski definition) is 2. The summed E-state index contributed by atoms with van der Waals surface area (Å²) in [5.41, 5.74) is -0.115. The lowest BCUT2D eigenvalue weighted by atomic mass is 9.90. The number of phenols is 1. The van der Waals surface area contributed by atoms with Crippen molar-refractivity contribution in [3.63, 3.8) is 0 Å². The van der Waals surface area contributed by atoms with Gasteiger partial charge in [0.25, 0.3) is 0 Å². The van der Waals surface area contributed by atoms with Crippen LogP contribution in [0.3, 0.4) is 0 Å². The number of phenolic OH excluding ortho intramolecular Hbond substituents is 1. The highest BCUT2D eigenvalue weighted by molar-refractivity contribution is 6.05. The molecule has 4 saturated heterocycles. The van der Waals surface area contributed by atoms with Crippen molar-refractivity contribution in [2.45, 2.75) is 56.3 Å². The maximum absolute atomic E-state index is 17.2. The van der Waals surface area contributed by atoms with Gasteiger partial charge < -0.3 is 24.8 Å². The zero-order valence-corrected chi connectivity index (χ0v) is 26.3. The maximum Gasteiger partial charge on any atom is 0.319 e. The summed E-state index contributed by atoms with van der Waals surface area (Å²) in [5.74, 6) is 1.28. The zero-order chi connectivity index (χ0) is 32.7. The minimum absolute atomic E-state index is 0.00316. The number of halogens is 2. The number of morpholine rings is 1. The lowest BCUT2D eigenvalue weighted by molar-refractivity contribution is 0.0176. The lowest BCUT2D eigenvalue weighted by Crippen LogP contribution is -2.51. The number of terminal acetylenes is 1. The maximum atomic E-state index is 17.2. The largest absolute Gasteiger partial charge is 0.508 e. The van der Waals surface area contributed by atoms with Crippen molar-refractivity contribution in [1.82, 2.24) is 20.2 Å². The number of ether oxygens (including phenoxy) is 2. The molecule has 0 amide bonds. The molecule has 9 nitrogen and oxygen atoms in total. The number of nitrogens with zero attached hydrogens (tertiary/aromatic N) is 5. The van der Waals surface area contributed by atoms with Crippen LogP contribution in [-0.4, -0.2) is 83.6 Å². The smallest absolute Gasteiger partial charge is 0.319 e. The minimum atomic E-state index is -0.788. The predicted molar refractivity (Wildman–Crippen MR) is 176 cm³/mol. The quantitative estimate of drug-likeness (QED) is 0.272. The molecule has 48 heavy (non-hydrogen) atoms. The van der Waals surface area contributed by atoms with Crippen LogP contribution < -0.4 is 15.0 Å². The highest BCUT2D eigenvalue weighted by Gasteiger charge is 2.49. The van der Waals surface area contributed by atoms with Crippen LogP contribution in [-0.2, 0) is 4.74 Å². The van der Waals surface area contributed by atoms with Crippen LogP contribution in [0.15, 0.2) is 30.3 Å². The Hall–Kier alpha value is -4.55. The summed E-state index contributed by atoms with van der Waals surface area (Å²) in [6.07, 6.45) is 11.3. The van der Waals surface area contributed by atoms with Crippen LogP contribution in [0.5, 0.6) is 11.8 Å². The molecule has 4 atom stereocenters. The first-order valence-corrected chi connectivity index (χ1v) is 16.7. The van der Waals surface area contributed by atoms with E-state index in [1.807, 2.05) is 0 Å². The van der Waals surface area contributed by atoms with E-state index in [4.69, 9.17) is 20.9 Å². The summed E-state index contributed by atoms with van der Waals surface area (Å²) >= 11 is 0. The van der Waals surface area contributed by atoms with Crippen molar-refractivity contribution in [2.75, 3.05) is 44.3 Å². The molecule has 244 valence electrons. The standard InChI is InChI=1S/C37H34F2N6O3/c1-2-27-30(38)6-3-20-9-25(46)12-28(31(20)27)32-21(13-40)10-29-34(33(32)39)42-36(43-35(29)44-14-22-4-5-23(15-44)41-22)48-19-37(7-8-37)18-45-16-26-11-24(45)17-47-26/h1,3,6,9-10,12,22-24,26,41,46H,4-5,7-8,11,14-19H2/t22?,23?,24-,26-/m1/s1. The van der Waals surface area contributed by atoms with Crippen molar-refractivity contribution in [3.05, 3.63) is 53.1 Å². The van der Waals surface area contributed by atoms with Gasteiger partial charge in [0.2, 0.25) is 0 Å². The molecule has 0 spiro atoms. The molecule has 1 aromatic heterocycles. The number of rotatable bonds is 7. The second-order valence-corrected chi connectivity index (χ2v) is 14.2. The molecule has 1 aliphatic carbocycles. The number of benzene rings is 3. The number of anilines is 1. The average molecular weight is 649 g/mol. The third-order valence-corrected chi connectivity index (χ3v) is 11.0. The first kappa shape index (κ1) is 29.6. The fraction of sp³-hybridized carbons (Fsp3) is 0.432. The number of piperazine rings is 1. The van der Waals surface area contributed by atoms with Gasteiger partial charge in [0.05, 0.1) is 36.5 Å². The number of aromatic nitrogens is 2. The molecule has 1 saturated carbocycles. The fourth-order valence-electron chi connectivity index (χ4n) is 8.43. The van der Waals surface area contributed by atoms with E-state index in [9.17, 15) is 14.8 Å². The number of nitrogens with one attached hydrogen (secondary N) is 1. The van der Waals surface area contributed by atoms with Gasteiger partial charge in [0.1, 0.15) is 22.9 Å². The molecule has 5 heterocycles. The van der Waals surface area contributed by atoms with Gasteiger partial charge in [-0.2, -0.15) is 15.2 Å². The van der Waals surface area contributed by atoms with Gasteiger partial charge in [0.15, 0.2) is 5.82 Å². The molecule has 11 heteroatoms. The highest BCUT2D eigenvalue weighted by atomic mass is 19.1. The molecule has 3 aromatic carbocycles. The SMILES string of the molecule is C#Cc1c(F)ccc2cc(O)cc(-c3c(C#N)cc4c(N5CC6CCC(C5)N6)nc(OCC5(CN6C[C@H]7C[C@@H]6CO7)CC5)nc4c3F)c12. The number of hydrogen-bond acceptors (Lipinski definition) is 9. The summed E-state index contributed by atoms with van der Waals surface area (Å²) in [6, 6.07) is 10.3. The van der Waals surface area contributed by atoms with Crippen molar-refractivity contribution in [2.24, 2.45) is 5.41 Å². The van der Waals surface area contributed by atoms with E-state index in [-0.39, 0.29) is 62.4 Å². The van der Waals surface area contributed by atoms with E-state index < -0.39 is 11.6 Å². The summed E-state index contributed by atoms with van der Waals surface area (Å²) in [7, 11) is 0. The Morgan fingerprint density at radius 1 is 1.12 bits per heavy atom. The van der Waals surface area contributed by atoms with Crippen molar-refractivity contribution in [3.8, 4) is 41.3 Å². The van der Waals surface area contributed by atoms with E-state index in [1.54, 1.807) is 6.07 Å². The van der Waals surface area contributed by atoms with Crippen molar-refractivity contribution >= 4 is 27.5 Å². The van der Waals surface area contributed by atoms with Gasteiger partial charge in [-0.05, 0) is 67.3 Å². The summed E-state index contributed by atoms with van der Waals surface area (Å²) in [5, 5.41) is 25.7. The summed E-state index contributed by atoms with van der Waals surface area (Å²) in [6.45, 7) is 4.41. The molecule has 5 aliphatic rings. The van der Waals surface area contributed by atoms with Crippen LogP contribution >= 0.6 is 0 Å². The van der Waals surface area contributed by atoms with E-state index in [0.29, 0.717) is 48.4 Å². The molecular formula is C37H34F2N6O3. The van der Waals surface area contributed by atoms with E-state index >= 15 is 4.39 Å². The lowest BCUT2D eigenvalue weighted by Gasteiger charge is -2.34. The summed E-state index contributed by atoms with van der Waals surface area (Å²) in [4.78, 5) is 14.2. The molecule has 4 aromatic rings. The van der Waals surface area contributed by atoms with Gasteiger partial charge >= 0.3 is 6.01 Å². The predicted octanol–water partition coefficient (Wildman–Crippen LogP) is 4.86. The van der Waals surface area contributed by atoms with Crippen LogP contribution in [0.2, 0.25) is 0 Å². The number of aromatic hydroxyl groups is 1. The normalized spacial score (nSPS) is 25.5. The van der Waals surface area contributed by atoms with Crippen LogP contribution in [0.4, 0.5) is 14.6 Å². The molecule has 5 fully saturated rings. The zero-order valence-electron chi connectivity index (χ0n) is 26.3. The Kier molecular flexibility index (Phi) is 6.77. The monoisotopic (exact) mass is 648 g/mol. The van der Waals surface area contributed by atoms with Gasteiger partial charge in [-0.3, -0.25) is 4.90 Å². The Morgan fingerprint density at radius 3 is 2.62 bits per heavy atom. The van der Waals surface area contributed by atoms with Crippen LogP contribution in [0, 0.1) is 40.7 Å². The van der Waals surface area contributed by atoms with Gasteiger partial charge in [-0.25, -0.2) is 8.78 Å². The third kappa shape index (κ3) is 4.83. The topological polar surface area (TPSA) is 107 Å². The Bertz CT molecular complexity index is 2080. The Labute approximate surface area is 276 Å². The number of nitriles is 1. The molecule has 2 N–H and O–H groups in total. The van der Waals surface area contributed by atoms with Crippen molar-refractivity contribution in [1.29, 1.82) is 5.26 Å². The molecule has 4 aliphatic heterocycles. The van der Waals surface area contributed by atoms with Gasteiger partial charge in [0, 0.05) is 66.1 Å². The number of fused-ring (bicyclic) bond motifs is 6. The third-order valence-electron chi connectivity index (χ3n) is 11.0. The molecular weight excluding hydrogens is 614 g/mol. The first-order valence-electron chi connectivity index (χ1n) is 16.7. The average Bonchev–Trinajstić information content (AvgIpc) is 3.34. The van der Waals surface area contributed by atoms with E-state index in [2.05, 4.69) is 32.1 Å². The molecule has 4 bridgehead atoms. The highest BCUT2D eigenvalue weighted by Crippen LogP contribution is 2.48. The number of likely N-dealkylation sites (tertiary alicyclic amines) is 1. The Balaban J connectivity index is 1.17. The second kappa shape index (κ2) is 11.0. The van der Waals surface area contributed by atoms with Gasteiger partial charge in [-0.15, -0.1) is 6.42 Å². The fourth-order valence-corrected chi connectivity index (χ4v) is 8.43. The van der Waals surface area contributed by atoms with Crippen LogP contribution in [0.25, 0.3) is 32.8 Å². The second-order valence-electron chi connectivity index (χ2n) is 14.2. The molecule has 2 unspecified atom stereocenters. The summed E-state index contributed by atoms with van der Waals surface area (Å²) < 4.78 is 44.3. The molecule has 0 radical (unpaired) electrons. The molecule has 9 rings (SSSR count). The van der Waals surface area contributed by atoms with Crippen molar-refractivity contribution < 1.29 is 23.4 Å². The van der Waals surface area contributed by atoms with Crippen LogP contribution in [0.1, 0.15) is 43.2 Å². The Morgan fingerprint density at radius 2 is 1.94 bits per heavy atom. The van der Waals surface area contributed by atoms with E-state index in [1.165, 1.54) is 24.3 Å². The van der Waals surface area contributed by atoms with Gasteiger partial charge in [-0.1, -0.05) is 12.0 Å². The first-order chi connectivity index (χ1) is 23.3. The van der Waals surface area contributed by atoms with E-state index in [0.717, 1.165) is 51.8 Å².